The minimum absolute atomic E-state index is 0.378. The average Bonchev–Trinajstić information content (AvgIpc) is 2.72. The molecule has 1 rings (SSSR count). The SMILES string of the molecule is C=N/C(=N\C=C(/C)C=O)n1ccnc1. The minimum atomic E-state index is 0.378. The third-order valence-electron chi connectivity index (χ3n) is 1.45. The Bertz CT molecular complexity index is 376. The Kier molecular flexibility index (Phi) is 3.49. The Morgan fingerprint density at radius 3 is 2.93 bits per heavy atom. The summed E-state index contributed by atoms with van der Waals surface area (Å²) in [6.07, 6.45) is 7.00. The van der Waals surface area contributed by atoms with Crippen molar-refractivity contribution in [2.45, 2.75) is 6.92 Å². The van der Waals surface area contributed by atoms with E-state index in [2.05, 4.69) is 21.7 Å². The van der Waals surface area contributed by atoms with Gasteiger partial charge in [0.15, 0.2) is 0 Å². The zero-order valence-electron chi connectivity index (χ0n) is 7.79. The number of nitrogens with zero attached hydrogens (tertiary/aromatic N) is 4. The fourth-order valence-electron chi connectivity index (χ4n) is 0.757. The highest BCUT2D eigenvalue weighted by molar-refractivity contribution is 5.87. The van der Waals surface area contributed by atoms with Crippen LogP contribution in [0, 0.1) is 0 Å². The molecule has 5 heteroatoms. The number of rotatable bonds is 2. The summed E-state index contributed by atoms with van der Waals surface area (Å²) in [6, 6.07) is 0. The van der Waals surface area contributed by atoms with Crippen LogP contribution in [0.3, 0.4) is 0 Å². The second-order valence-electron chi connectivity index (χ2n) is 2.55. The van der Waals surface area contributed by atoms with Gasteiger partial charge in [0.25, 0.3) is 0 Å². The van der Waals surface area contributed by atoms with Crippen molar-refractivity contribution in [3.05, 3.63) is 30.5 Å². The van der Waals surface area contributed by atoms with Crippen molar-refractivity contribution >= 4 is 19.0 Å². The molecule has 0 N–H and O–H groups in total. The summed E-state index contributed by atoms with van der Waals surface area (Å²) >= 11 is 0. The van der Waals surface area contributed by atoms with Crippen molar-refractivity contribution in [2.24, 2.45) is 9.98 Å². The van der Waals surface area contributed by atoms with E-state index in [1.807, 2.05) is 0 Å². The van der Waals surface area contributed by atoms with Crippen LogP contribution in [0.2, 0.25) is 0 Å². The van der Waals surface area contributed by atoms with Crippen molar-refractivity contribution in [1.29, 1.82) is 0 Å². The summed E-state index contributed by atoms with van der Waals surface area (Å²) in [6.45, 7) is 5.03. The van der Waals surface area contributed by atoms with Gasteiger partial charge in [-0.25, -0.2) is 15.0 Å². The summed E-state index contributed by atoms with van der Waals surface area (Å²) < 4.78 is 1.60. The lowest BCUT2D eigenvalue weighted by Crippen LogP contribution is -2.05. The Morgan fingerprint density at radius 2 is 2.43 bits per heavy atom. The van der Waals surface area contributed by atoms with Crippen LogP contribution in [-0.2, 0) is 4.79 Å². The Morgan fingerprint density at radius 1 is 1.64 bits per heavy atom. The number of carbonyl (C=O) groups excluding carboxylic acids is 1. The van der Waals surface area contributed by atoms with Gasteiger partial charge in [-0.05, 0) is 13.6 Å². The van der Waals surface area contributed by atoms with E-state index in [1.54, 1.807) is 30.2 Å². The average molecular weight is 190 g/mol. The van der Waals surface area contributed by atoms with Crippen molar-refractivity contribution in [3.8, 4) is 0 Å². The summed E-state index contributed by atoms with van der Waals surface area (Å²) in [5, 5.41) is 0. The first-order valence-electron chi connectivity index (χ1n) is 3.92. The first-order valence-corrected chi connectivity index (χ1v) is 3.92. The lowest BCUT2D eigenvalue weighted by atomic mass is 10.4. The fourth-order valence-corrected chi connectivity index (χ4v) is 0.757. The summed E-state index contributed by atoms with van der Waals surface area (Å²) in [5.74, 6) is 0.378. The molecule has 0 saturated heterocycles. The molecule has 14 heavy (non-hydrogen) atoms. The van der Waals surface area contributed by atoms with Crippen LogP contribution in [0.5, 0.6) is 0 Å². The number of aromatic nitrogens is 2. The molecule has 0 atom stereocenters. The predicted molar refractivity (Wildman–Crippen MR) is 54.4 cm³/mol. The molecule has 5 nitrogen and oxygen atoms in total. The Hall–Kier alpha value is -2.04. The van der Waals surface area contributed by atoms with E-state index < -0.39 is 0 Å². The maximum Gasteiger partial charge on any atom is 0.234 e. The number of hydrogen-bond donors (Lipinski definition) is 0. The molecule has 0 fully saturated rings. The number of aliphatic imine (C=N–C) groups is 2. The minimum Gasteiger partial charge on any atom is -0.298 e. The van der Waals surface area contributed by atoms with E-state index in [0.29, 0.717) is 11.5 Å². The molecule has 1 aromatic rings. The molecule has 0 bridgehead atoms. The number of hydrogen-bond acceptors (Lipinski definition) is 3. The highest BCUT2D eigenvalue weighted by Gasteiger charge is 1.95. The standard InChI is InChI=1S/C9H10N4O/c1-8(6-14)5-12-9(10-2)13-4-3-11-7-13/h3-7H,2H2,1H3/b8-5+,12-9+. The molecule has 0 aliphatic carbocycles. The smallest absolute Gasteiger partial charge is 0.234 e. The Labute approximate surface area is 81.5 Å². The number of imidazole rings is 1. The van der Waals surface area contributed by atoms with Crippen molar-refractivity contribution in [2.75, 3.05) is 0 Å². The van der Waals surface area contributed by atoms with Crippen molar-refractivity contribution in [3.63, 3.8) is 0 Å². The van der Waals surface area contributed by atoms with Gasteiger partial charge in [0.2, 0.25) is 5.96 Å². The fraction of sp³-hybridized carbons (Fsp3) is 0.111. The van der Waals surface area contributed by atoms with Gasteiger partial charge in [-0.3, -0.25) is 9.36 Å². The lowest BCUT2D eigenvalue weighted by Gasteiger charge is -1.97. The van der Waals surface area contributed by atoms with E-state index in [9.17, 15) is 4.79 Å². The third kappa shape index (κ3) is 2.48. The van der Waals surface area contributed by atoms with Crippen LogP contribution in [0.4, 0.5) is 0 Å². The molecule has 0 spiro atoms. The molecule has 1 aromatic heterocycles. The highest BCUT2D eigenvalue weighted by Crippen LogP contribution is 1.93. The molecule has 0 unspecified atom stereocenters. The van der Waals surface area contributed by atoms with E-state index in [-0.39, 0.29) is 0 Å². The zero-order chi connectivity index (χ0) is 10.4. The summed E-state index contributed by atoms with van der Waals surface area (Å²) in [7, 11) is 0. The number of allylic oxidation sites excluding steroid dienone is 1. The van der Waals surface area contributed by atoms with Gasteiger partial charge in [0.05, 0.1) is 0 Å². The largest absolute Gasteiger partial charge is 0.298 e. The lowest BCUT2D eigenvalue weighted by molar-refractivity contribution is -0.104. The molecule has 0 aliphatic heterocycles. The maximum atomic E-state index is 10.3. The normalized spacial score (nSPS) is 12.6. The van der Waals surface area contributed by atoms with Gasteiger partial charge in [0, 0.05) is 24.2 Å². The van der Waals surface area contributed by atoms with E-state index in [1.165, 1.54) is 6.20 Å². The molecule has 0 aromatic carbocycles. The molecular weight excluding hydrogens is 180 g/mol. The van der Waals surface area contributed by atoms with Gasteiger partial charge in [-0.2, -0.15) is 0 Å². The van der Waals surface area contributed by atoms with Gasteiger partial charge in [-0.15, -0.1) is 0 Å². The van der Waals surface area contributed by atoms with Crippen molar-refractivity contribution < 1.29 is 4.79 Å². The molecule has 72 valence electrons. The summed E-state index contributed by atoms with van der Waals surface area (Å²) in [5.41, 5.74) is 0.520. The van der Waals surface area contributed by atoms with Crippen molar-refractivity contribution in [1.82, 2.24) is 9.55 Å². The van der Waals surface area contributed by atoms with Crippen LogP contribution in [0.25, 0.3) is 0 Å². The highest BCUT2D eigenvalue weighted by atomic mass is 16.1. The maximum absolute atomic E-state index is 10.3. The van der Waals surface area contributed by atoms with E-state index in [0.717, 1.165) is 6.29 Å². The number of aldehydes is 1. The molecular formula is C9H10N4O. The van der Waals surface area contributed by atoms with Crippen LogP contribution in [-0.4, -0.2) is 28.5 Å². The quantitative estimate of drug-likeness (QED) is 0.301. The van der Waals surface area contributed by atoms with Gasteiger partial charge < -0.3 is 0 Å². The van der Waals surface area contributed by atoms with Crippen LogP contribution >= 0.6 is 0 Å². The number of carbonyl (C=O) groups is 1. The third-order valence-corrected chi connectivity index (χ3v) is 1.45. The van der Waals surface area contributed by atoms with Crippen LogP contribution < -0.4 is 0 Å². The first kappa shape index (κ1) is 10.0. The summed E-state index contributed by atoms with van der Waals surface area (Å²) in [4.78, 5) is 21.8. The predicted octanol–water partition coefficient (Wildman–Crippen LogP) is 0.890. The second-order valence-corrected chi connectivity index (χ2v) is 2.55. The van der Waals surface area contributed by atoms with E-state index >= 15 is 0 Å². The molecule has 1 heterocycles. The molecule has 0 radical (unpaired) electrons. The monoisotopic (exact) mass is 190 g/mol. The van der Waals surface area contributed by atoms with Crippen LogP contribution in [0.1, 0.15) is 6.92 Å². The Balaban J connectivity index is 2.93. The zero-order valence-corrected chi connectivity index (χ0v) is 7.79. The second kappa shape index (κ2) is 4.86. The van der Waals surface area contributed by atoms with Gasteiger partial charge in [-0.1, -0.05) is 0 Å². The topological polar surface area (TPSA) is 59.6 Å². The molecule has 0 amide bonds. The molecule has 0 saturated carbocycles. The first-order chi connectivity index (χ1) is 6.77. The van der Waals surface area contributed by atoms with E-state index in [4.69, 9.17) is 0 Å². The van der Waals surface area contributed by atoms with Gasteiger partial charge in [0.1, 0.15) is 12.6 Å². The molecule has 0 aliphatic rings. The van der Waals surface area contributed by atoms with Crippen LogP contribution in [0.15, 0.2) is 40.5 Å². The van der Waals surface area contributed by atoms with Gasteiger partial charge >= 0.3 is 0 Å².